The van der Waals surface area contributed by atoms with E-state index in [0.717, 1.165) is 42.1 Å². The Morgan fingerprint density at radius 2 is 1.86 bits per heavy atom. The lowest BCUT2D eigenvalue weighted by molar-refractivity contribution is -0.120. The molecule has 4 heteroatoms. The van der Waals surface area contributed by atoms with Gasteiger partial charge in [-0.3, -0.25) is 4.79 Å². The van der Waals surface area contributed by atoms with Gasteiger partial charge in [-0.1, -0.05) is 26.8 Å². The Hall–Kier alpha value is -1.68. The van der Waals surface area contributed by atoms with Crippen molar-refractivity contribution >= 4 is 16.8 Å². The van der Waals surface area contributed by atoms with Gasteiger partial charge in [0.05, 0.1) is 16.6 Å². The number of nitrogens with zero attached hydrogens (tertiary/aromatic N) is 2. The van der Waals surface area contributed by atoms with Crippen molar-refractivity contribution in [1.29, 1.82) is 0 Å². The topological polar surface area (TPSA) is 55.1 Å². The smallest absolute Gasteiger partial charge is 0.133 e. The molecule has 0 unspecified atom stereocenters. The highest BCUT2D eigenvalue weighted by atomic mass is 16.3. The van der Waals surface area contributed by atoms with E-state index >= 15 is 0 Å². The first-order chi connectivity index (χ1) is 13.5. The number of aromatic nitrogens is 2. The predicted octanol–water partition coefficient (Wildman–Crippen LogP) is 5.49. The first kappa shape index (κ1) is 20.6. The molecule has 3 saturated carbocycles. The Labute approximate surface area is 174 Å². The lowest BCUT2D eigenvalue weighted by Crippen LogP contribution is -2.59. The van der Waals surface area contributed by atoms with Crippen molar-refractivity contribution in [3.63, 3.8) is 0 Å². The summed E-state index contributed by atoms with van der Waals surface area (Å²) < 4.78 is 2.49. The summed E-state index contributed by atoms with van der Waals surface area (Å²) >= 11 is 0. The third kappa shape index (κ3) is 4.01. The quantitative estimate of drug-likeness (QED) is 0.600. The van der Waals surface area contributed by atoms with Gasteiger partial charge in [0.1, 0.15) is 11.6 Å². The van der Waals surface area contributed by atoms with Crippen LogP contribution in [-0.2, 0) is 22.4 Å². The van der Waals surface area contributed by atoms with Crippen LogP contribution in [0.2, 0.25) is 0 Å². The highest BCUT2D eigenvalue weighted by Crippen LogP contribution is 2.63. The van der Waals surface area contributed by atoms with Gasteiger partial charge in [-0.2, -0.15) is 0 Å². The largest absolute Gasteiger partial charge is 0.386 e. The summed E-state index contributed by atoms with van der Waals surface area (Å²) in [6.45, 7) is 10.0. The second kappa shape index (κ2) is 6.94. The van der Waals surface area contributed by atoms with Crippen LogP contribution in [0.3, 0.4) is 0 Å². The molecule has 1 N–H and O–H groups in total. The summed E-state index contributed by atoms with van der Waals surface area (Å²) in [5.41, 5.74) is 2.62. The summed E-state index contributed by atoms with van der Waals surface area (Å²) in [7, 11) is 0. The van der Waals surface area contributed by atoms with Gasteiger partial charge in [0, 0.05) is 24.8 Å². The zero-order chi connectivity index (χ0) is 21.0. The Kier molecular flexibility index (Phi) is 4.92. The number of imidazole rings is 1. The van der Waals surface area contributed by atoms with Crippen molar-refractivity contribution in [3.05, 3.63) is 29.6 Å². The average molecular weight is 397 g/mol. The van der Waals surface area contributed by atoms with Crippen molar-refractivity contribution in [1.82, 2.24) is 9.55 Å². The summed E-state index contributed by atoms with van der Waals surface area (Å²) in [6.07, 6.45) is 7.98. The highest BCUT2D eigenvalue weighted by molar-refractivity contribution is 5.79. The lowest BCUT2D eigenvalue weighted by Gasteiger charge is -2.63. The average Bonchev–Trinajstić information content (AvgIpc) is 2.84. The molecule has 4 nitrogen and oxygen atoms in total. The molecule has 0 spiro atoms. The number of aryl methyl sites for hydroxylation is 1. The SMILES string of the molecule is CC(C)(C)CC(=O)CCCCc1nc2ccc(C(C)(C)O)cc2n1C12CC(C1)C2. The summed E-state index contributed by atoms with van der Waals surface area (Å²) in [5, 5.41) is 10.5. The van der Waals surface area contributed by atoms with Gasteiger partial charge >= 0.3 is 0 Å². The van der Waals surface area contributed by atoms with E-state index in [4.69, 9.17) is 4.98 Å². The van der Waals surface area contributed by atoms with Crippen molar-refractivity contribution < 1.29 is 9.90 Å². The fourth-order valence-corrected chi connectivity index (χ4v) is 5.19. The summed E-state index contributed by atoms with van der Waals surface area (Å²) in [4.78, 5) is 17.2. The molecule has 3 fully saturated rings. The van der Waals surface area contributed by atoms with Crippen LogP contribution in [0.15, 0.2) is 18.2 Å². The minimum absolute atomic E-state index is 0.0768. The van der Waals surface area contributed by atoms with Gasteiger partial charge in [-0.25, -0.2) is 4.98 Å². The van der Waals surface area contributed by atoms with Crippen molar-refractivity contribution in [3.8, 4) is 0 Å². The van der Waals surface area contributed by atoms with Crippen LogP contribution >= 0.6 is 0 Å². The number of aliphatic hydroxyl groups is 1. The molecule has 1 heterocycles. The second-order valence-corrected chi connectivity index (χ2v) is 11.3. The van der Waals surface area contributed by atoms with Crippen LogP contribution in [-0.4, -0.2) is 20.4 Å². The van der Waals surface area contributed by atoms with Gasteiger partial charge in [-0.15, -0.1) is 0 Å². The van der Waals surface area contributed by atoms with Crippen molar-refractivity contribution in [2.45, 2.75) is 97.1 Å². The number of benzene rings is 1. The van der Waals surface area contributed by atoms with E-state index in [1.54, 1.807) is 0 Å². The van der Waals surface area contributed by atoms with E-state index in [2.05, 4.69) is 37.5 Å². The van der Waals surface area contributed by atoms with Gasteiger partial charge in [0.2, 0.25) is 0 Å². The molecule has 0 saturated heterocycles. The maximum Gasteiger partial charge on any atom is 0.133 e. The molecule has 0 amide bonds. The molecule has 0 aliphatic heterocycles. The Morgan fingerprint density at radius 3 is 2.41 bits per heavy atom. The van der Waals surface area contributed by atoms with E-state index in [1.807, 2.05) is 19.9 Å². The first-order valence-corrected chi connectivity index (χ1v) is 11.2. The zero-order valence-corrected chi connectivity index (χ0v) is 18.7. The fourth-order valence-electron chi connectivity index (χ4n) is 5.19. The molecular weight excluding hydrogens is 360 g/mol. The number of ketones is 1. The number of rotatable bonds is 8. The number of carbonyl (C=O) groups excluding carboxylic acids is 1. The first-order valence-electron chi connectivity index (χ1n) is 11.2. The van der Waals surface area contributed by atoms with E-state index in [9.17, 15) is 9.90 Å². The van der Waals surface area contributed by atoms with E-state index in [0.29, 0.717) is 18.6 Å². The van der Waals surface area contributed by atoms with E-state index in [1.165, 1.54) is 24.8 Å². The molecule has 3 aliphatic carbocycles. The molecule has 2 aromatic rings. The molecule has 3 aliphatic rings. The molecular formula is C25H36N2O2. The molecule has 1 aromatic heterocycles. The van der Waals surface area contributed by atoms with Crippen LogP contribution in [0.5, 0.6) is 0 Å². The Morgan fingerprint density at radius 1 is 1.17 bits per heavy atom. The van der Waals surface area contributed by atoms with Crippen LogP contribution in [0, 0.1) is 11.3 Å². The Bertz CT molecular complexity index is 910. The van der Waals surface area contributed by atoms with Crippen LogP contribution in [0.25, 0.3) is 11.0 Å². The predicted molar refractivity (Wildman–Crippen MR) is 117 cm³/mol. The van der Waals surface area contributed by atoms with E-state index in [-0.39, 0.29) is 11.0 Å². The molecule has 5 rings (SSSR count). The number of fused-ring (bicyclic) bond motifs is 1. The monoisotopic (exact) mass is 396 g/mol. The van der Waals surface area contributed by atoms with Gasteiger partial charge in [0.25, 0.3) is 0 Å². The number of hydrogen-bond acceptors (Lipinski definition) is 3. The molecule has 158 valence electrons. The normalized spacial score (nSPS) is 23.7. The maximum atomic E-state index is 12.2. The van der Waals surface area contributed by atoms with Crippen molar-refractivity contribution in [2.24, 2.45) is 11.3 Å². The van der Waals surface area contributed by atoms with Crippen LogP contribution in [0.1, 0.15) is 91.0 Å². The Balaban J connectivity index is 1.52. The molecule has 0 radical (unpaired) electrons. The highest BCUT2D eigenvalue weighted by Gasteiger charge is 2.58. The standard InChI is InChI=1S/C25H36N2O2/c1-23(2,3)16-19(28)8-6-7-9-22-26-20-11-10-18(24(4,5)29)12-21(20)27(22)25-13-17(14-25)15-25/h10-12,17,29H,6-9,13-16H2,1-5H3. The van der Waals surface area contributed by atoms with E-state index < -0.39 is 5.60 Å². The van der Waals surface area contributed by atoms with Gasteiger partial charge in [-0.05, 0) is 75.0 Å². The van der Waals surface area contributed by atoms with Crippen LogP contribution in [0.4, 0.5) is 0 Å². The number of carbonyl (C=O) groups is 1. The zero-order valence-electron chi connectivity index (χ0n) is 18.7. The second-order valence-electron chi connectivity index (χ2n) is 11.3. The maximum absolute atomic E-state index is 12.2. The minimum Gasteiger partial charge on any atom is -0.386 e. The number of Topliss-reactive ketones (excluding diaryl/α,β-unsaturated/α-hetero) is 1. The minimum atomic E-state index is -0.851. The lowest BCUT2D eigenvalue weighted by atomic mass is 9.49. The third-order valence-corrected chi connectivity index (χ3v) is 6.74. The summed E-state index contributed by atoms with van der Waals surface area (Å²) in [5.74, 6) is 2.43. The summed E-state index contributed by atoms with van der Waals surface area (Å²) in [6, 6.07) is 6.19. The number of hydrogen-bond donors (Lipinski definition) is 1. The molecule has 2 bridgehead atoms. The third-order valence-electron chi connectivity index (χ3n) is 6.74. The van der Waals surface area contributed by atoms with Gasteiger partial charge < -0.3 is 9.67 Å². The molecule has 29 heavy (non-hydrogen) atoms. The van der Waals surface area contributed by atoms with Crippen molar-refractivity contribution in [2.75, 3.05) is 0 Å². The number of unbranched alkanes of at least 4 members (excludes halogenated alkanes) is 1. The molecule has 1 aromatic carbocycles. The van der Waals surface area contributed by atoms with Gasteiger partial charge in [0.15, 0.2) is 0 Å². The molecule has 0 atom stereocenters. The van der Waals surface area contributed by atoms with Crippen LogP contribution < -0.4 is 0 Å². The fraction of sp³-hybridized carbons (Fsp3) is 0.680.